The van der Waals surface area contributed by atoms with Crippen LogP contribution < -0.4 is 50.7 Å². The molecular formula is C36H42B3CuLiP2. The fourth-order valence-electron chi connectivity index (χ4n) is 4.36. The summed E-state index contributed by atoms with van der Waals surface area (Å²) < 4.78 is 0. The average Bonchev–Trinajstić information content (AvgIpc) is 3.01. The maximum Gasteiger partial charge on any atom is 2.00 e. The zero-order chi connectivity index (χ0) is 25.8. The molecule has 6 aromatic carbocycles. The Bertz CT molecular complexity index is 1200. The molecule has 0 N–H and O–H groups in total. The van der Waals surface area contributed by atoms with Crippen molar-refractivity contribution >= 4 is 72.9 Å². The number of benzene rings is 6. The Labute approximate surface area is 289 Å². The van der Waals surface area contributed by atoms with Gasteiger partial charge in [0.05, 0.1) is 0 Å². The van der Waals surface area contributed by atoms with Crippen molar-refractivity contribution in [3.05, 3.63) is 182 Å². The van der Waals surface area contributed by atoms with Crippen molar-refractivity contribution < 1.29 is 35.9 Å². The zero-order valence-corrected chi connectivity index (χ0v) is 25.2. The number of rotatable bonds is 6. The van der Waals surface area contributed by atoms with Crippen LogP contribution in [0.15, 0.2) is 182 Å². The molecule has 0 aliphatic rings. The van der Waals surface area contributed by atoms with Gasteiger partial charge in [-0.05, 0) is 47.7 Å². The van der Waals surface area contributed by atoms with E-state index in [4.69, 9.17) is 0 Å². The molecule has 0 spiro atoms. The van der Waals surface area contributed by atoms with Gasteiger partial charge in [-0.15, -0.1) is 0 Å². The summed E-state index contributed by atoms with van der Waals surface area (Å²) in [6, 6.07) is 64.7. The van der Waals surface area contributed by atoms with Crippen LogP contribution in [0.4, 0.5) is 0 Å². The summed E-state index contributed by atoms with van der Waals surface area (Å²) in [5, 5.41) is 8.39. The minimum atomic E-state index is -0.446. The second kappa shape index (κ2) is 22.1. The van der Waals surface area contributed by atoms with Crippen molar-refractivity contribution in [1.82, 2.24) is 0 Å². The topological polar surface area (TPSA) is 0 Å². The van der Waals surface area contributed by atoms with Gasteiger partial charge >= 0.3 is 35.9 Å². The quantitative estimate of drug-likeness (QED) is 0.171. The van der Waals surface area contributed by atoms with E-state index in [9.17, 15) is 0 Å². The summed E-state index contributed by atoms with van der Waals surface area (Å²) in [7, 11) is -0.892. The van der Waals surface area contributed by atoms with Gasteiger partial charge in [0.25, 0.3) is 0 Å². The largest absolute Gasteiger partial charge is 2.00 e. The van der Waals surface area contributed by atoms with E-state index in [1.807, 2.05) is 0 Å². The van der Waals surface area contributed by atoms with Gasteiger partial charge < -0.3 is 0 Å². The minimum Gasteiger partial charge on any atom is -0.0626 e. The van der Waals surface area contributed by atoms with Crippen LogP contribution in [-0.4, -0.2) is 25.2 Å². The van der Waals surface area contributed by atoms with E-state index in [1.165, 1.54) is 31.8 Å². The van der Waals surface area contributed by atoms with Crippen LogP contribution in [0.1, 0.15) is 0 Å². The van der Waals surface area contributed by atoms with Gasteiger partial charge in [0.15, 0.2) is 0 Å². The van der Waals surface area contributed by atoms with Crippen molar-refractivity contribution in [3.63, 3.8) is 0 Å². The summed E-state index contributed by atoms with van der Waals surface area (Å²) in [6.07, 6.45) is 0. The molecule has 43 heavy (non-hydrogen) atoms. The Kier molecular flexibility index (Phi) is 20.8. The Hall–Kier alpha value is -2.51. The molecule has 217 valence electrons. The normalized spacial score (nSPS) is 9.35. The van der Waals surface area contributed by atoms with Gasteiger partial charge in [0.2, 0.25) is 0 Å². The van der Waals surface area contributed by atoms with Crippen molar-refractivity contribution in [2.45, 2.75) is 0 Å². The molecule has 6 aromatic rings. The SMILES string of the molecule is [BH4-].[BH4-].[BH4-].[Cu+2].[Li+].c1ccc(P(c2ccccc2)c2ccccc2)cc1.c1ccc(P(c2ccccc2)c2ccccc2)cc1. The Morgan fingerprint density at radius 3 is 0.465 bits per heavy atom. The maximum absolute atomic E-state index is 2.23. The first-order valence-corrected chi connectivity index (χ1v) is 15.5. The fraction of sp³-hybridized carbons (Fsp3) is 0. The molecule has 0 unspecified atom stereocenters. The minimum absolute atomic E-state index is 0. The zero-order valence-electron chi connectivity index (χ0n) is 22.5. The molecule has 0 saturated heterocycles. The molecule has 0 bridgehead atoms. The third-order valence-electron chi connectivity index (χ3n) is 6.09. The van der Waals surface area contributed by atoms with Gasteiger partial charge in [-0.2, -0.15) is 0 Å². The van der Waals surface area contributed by atoms with E-state index in [2.05, 4.69) is 182 Å². The average molecular weight is 640 g/mol. The fourth-order valence-corrected chi connectivity index (χ4v) is 8.97. The van der Waals surface area contributed by atoms with E-state index >= 15 is 0 Å². The molecule has 0 nitrogen and oxygen atoms in total. The maximum atomic E-state index is 2.23. The van der Waals surface area contributed by atoms with Crippen molar-refractivity contribution in [2.24, 2.45) is 0 Å². The molecule has 0 heterocycles. The molecule has 0 amide bonds. The predicted octanol–water partition coefficient (Wildman–Crippen LogP) is -0.464. The van der Waals surface area contributed by atoms with E-state index in [0.29, 0.717) is 0 Å². The molecule has 7 heteroatoms. The van der Waals surface area contributed by atoms with Gasteiger partial charge in [0.1, 0.15) is 0 Å². The van der Waals surface area contributed by atoms with Crippen molar-refractivity contribution in [1.29, 1.82) is 0 Å². The van der Waals surface area contributed by atoms with Crippen LogP contribution in [0.3, 0.4) is 0 Å². The van der Waals surface area contributed by atoms with Crippen LogP contribution in [-0.2, 0) is 17.1 Å². The van der Waals surface area contributed by atoms with E-state index in [1.54, 1.807) is 0 Å². The van der Waals surface area contributed by atoms with E-state index in [-0.39, 0.29) is 61.2 Å². The first kappa shape index (κ1) is 40.5. The predicted molar refractivity (Wildman–Crippen MR) is 204 cm³/mol. The summed E-state index contributed by atoms with van der Waals surface area (Å²) >= 11 is 0. The van der Waals surface area contributed by atoms with Gasteiger partial charge in [-0.3, -0.25) is 0 Å². The van der Waals surface area contributed by atoms with Gasteiger partial charge in [0, 0.05) is 0 Å². The number of hydrogen-bond acceptors (Lipinski definition) is 0. The molecule has 0 atom stereocenters. The summed E-state index contributed by atoms with van der Waals surface area (Å²) in [4.78, 5) is 0. The second-order valence-corrected chi connectivity index (χ2v) is 13.1. The van der Waals surface area contributed by atoms with Crippen molar-refractivity contribution in [3.8, 4) is 0 Å². The smallest absolute Gasteiger partial charge is 0.0626 e. The standard InChI is InChI=1S/2C18H15P.3BH4.Cu.Li/c2*1-4-10-16(11-5-1)19(17-12-6-2-7-13-17)18-14-8-3-9-15-18;;;;;/h2*1-15H;3*1H4;;/q;;3*-1;+2;+1. The summed E-state index contributed by atoms with van der Waals surface area (Å²) in [6.45, 7) is 0. The molecule has 0 fully saturated rings. The first-order valence-electron chi connectivity index (χ1n) is 12.8. The first-order chi connectivity index (χ1) is 18.9. The number of hydrogen-bond donors (Lipinski definition) is 0. The third-order valence-corrected chi connectivity index (χ3v) is 11.0. The van der Waals surface area contributed by atoms with Crippen LogP contribution in [0.25, 0.3) is 0 Å². The molecule has 0 saturated carbocycles. The van der Waals surface area contributed by atoms with Gasteiger partial charge in [-0.1, -0.05) is 207 Å². The second-order valence-electron chi connectivity index (χ2n) is 8.68. The summed E-state index contributed by atoms with van der Waals surface area (Å²) in [5.74, 6) is 0. The third kappa shape index (κ3) is 11.5. The van der Waals surface area contributed by atoms with Crippen LogP contribution in [0.5, 0.6) is 0 Å². The molecule has 0 aromatic heterocycles. The van der Waals surface area contributed by atoms with E-state index < -0.39 is 15.8 Å². The Morgan fingerprint density at radius 2 is 0.349 bits per heavy atom. The molecule has 1 radical (unpaired) electrons. The molecule has 6 rings (SSSR count). The van der Waals surface area contributed by atoms with Crippen LogP contribution in [0, 0.1) is 0 Å². The molecule has 0 aliphatic heterocycles. The molecular weight excluding hydrogens is 597 g/mol. The van der Waals surface area contributed by atoms with Crippen LogP contribution >= 0.6 is 15.8 Å². The summed E-state index contributed by atoms with van der Waals surface area (Å²) in [5.41, 5.74) is 0. The van der Waals surface area contributed by atoms with Crippen molar-refractivity contribution in [2.75, 3.05) is 0 Å². The Morgan fingerprint density at radius 1 is 0.233 bits per heavy atom. The Balaban J connectivity index is 0.000000735. The van der Waals surface area contributed by atoms with E-state index in [0.717, 1.165) is 0 Å². The van der Waals surface area contributed by atoms with Gasteiger partial charge in [-0.25, -0.2) is 0 Å². The molecule has 0 aliphatic carbocycles. The monoisotopic (exact) mass is 639 g/mol. The van der Waals surface area contributed by atoms with Crippen LogP contribution in [0.2, 0.25) is 0 Å².